The van der Waals surface area contributed by atoms with E-state index in [0.717, 1.165) is 23.5 Å². The van der Waals surface area contributed by atoms with Crippen LogP contribution in [0.3, 0.4) is 0 Å². The van der Waals surface area contributed by atoms with Gasteiger partial charge in [0.1, 0.15) is 0 Å². The number of alkyl halides is 3. The minimum absolute atomic E-state index is 0.0962. The summed E-state index contributed by atoms with van der Waals surface area (Å²) in [5, 5.41) is 12.4. The summed E-state index contributed by atoms with van der Waals surface area (Å²) in [6.45, 7) is 0. The molecule has 0 amide bonds. The zero-order valence-corrected chi connectivity index (χ0v) is 15.1. The summed E-state index contributed by atoms with van der Waals surface area (Å²) in [5.74, 6) is 0.474. The molecule has 0 saturated carbocycles. The third kappa shape index (κ3) is 3.65. The van der Waals surface area contributed by atoms with Crippen LogP contribution in [0.15, 0.2) is 60.1 Å². The Labute approximate surface area is 160 Å². The zero-order valence-electron chi connectivity index (χ0n) is 13.6. The molecule has 138 valence electrons. The van der Waals surface area contributed by atoms with Crippen molar-refractivity contribution in [2.24, 2.45) is 0 Å². The van der Waals surface area contributed by atoms with Crippen LogP contribution in [0.4, 0.5) is 13.2 Å². The molecule has 0 spiro atoms. The normalized spacial score (nSPS) is 12.0. The molecule has 3 aromatic heterocycles. The van der Waals surface area contributed by atoms with E-state index in [-0.39, 0.29) is 10.7 Å². The quantitative estimate of drug-likeness (QED) is 0.451. The number of pyridine rings is 1. The third-order valence-corrected chi connectivity index (χ3v) is 5.07. The standard InChI is InChI=1S/C17H11ClF3N5S/c18-14-6-12(17(19,20)21)9-25-15(14)23-24-16(25)27-10-11-7-22-26(8-11)13-4-2-1-3-5-13/h1-9H,10H2. The Bertz CT molecular complexity index is 1090. The molecule has 0 fully saturated rings. The topological polar surface area (TPSA) is 48.0 Å². The summed E-state index contributed by atoms with van der Waals surface area (Å²) in [7, 11) is 0. The van der Waals surface area contributed by atoms with Crippen LogP contribution in [0, 0.1) is 0 Å². The number of thioether (sulfide) groups is 1. The molecule has 5 nitrogen and oxygen atoms in total. The van der Waals surface area contributed by atoms with Crippen LogP contribution in [0.1, 0.15) is 11.1 Å². The van der Waals surface area contributed by atoms with Crippen molar-refractivity contribution in [1.29, 1.82) is 0 Å². The molecular weight excluding hydrogens is 399 g/mol. The number of para-hydroxylation sites is 1. The van der Waals surface area contributed by atoms with Gasteiger partial charge in [-0.2, -0.15) is 18.3 Å². The van der Waals surface area contributed by atoms with Crippen molar-refractivity contribution in [3.8, 4) is 5.69 Å². The first-order valence-electron chi connectivity index (χ1n) is 7.75. The first-order chi connectivity index (χ1) is 12.9. The monoisotopic (exact) mass is 409 g/mol. The molecule has 4 aromatic rings. The highest BCUT2D eigenvalue weighted by Crippen LogP contribution is 2.33. The number of aromatic nitrogens is 5. The predicted molar refractivity (Wildman–Crippen MR) is 96.1 cm³/mol. The summed E-state index contributed by atoms with van der Waals surface area (Å²) < 4.78 is 42.0. The number of hydrogen-bond donors (Lipinski definition) is 0. The Hall–Kier alpha value is -2.52. The van der Waals surface area contributed by atoms with Crippen LogP contribution in [0.25, 0.3) is 11.3 Å². The van der Waals surface area contributed by atoms with Crippen LogP contribution >= 0.6 is 23.4 Å². The van der Waals surface area contributed by atoms with Crippen molar-refractivity contribution in [3.63, 3.8) is 0 Å². The highest BCUT2D eigenvalue weighted by molar-refractivity contribution is 7.98. The molecule has 0 N–H and O–H groups in total. The van der Waals surface area contributed by atoms with E-state index in [2.05, 4.69) is 15.3 Å². The molecule has 0 aliphatic carbocycles. The second-order valence-electron chi connectivity index (χ2n) is 5.67. The largest absolute Gasteiger partial charge is 0.417 e. The van der Waals surface area contributed by atoms with Crippen molar-refractivity contribution < 1.29 is 13.2 Å². The average molecular weight is 410 g/mol. The molecule has 0 aliphatic heterocycles. The summed E-state index contributed by atoms with van der Waals surface area (Å²) in [6, 6.07) is 10.4. The number of fused-ring (bicyclic) bond motifs is 1. The molecule has 0 atom stereocenters. The predicted octanol–water partition coefficient (Wildman–Crippen LogP) is 4.88. The molecule has 0 bridgehead atoms. The fraction of sp³-hybridized carbons (Fsp3) is 0.118. The van der Waals surface area contributed by atoms with E-state index < -0.39 is 11.7 Å². The van der Waals surface area contributed by atoms with Gasteiger partial charge in [0.05, 0.1) is 22.5 Å². The van der Waals surface area contributed by atoms with E-state index in [1.165, 1.54) is 16.2 Å². The number of halogens is 4. The fourth-order valence-corrected chi connectivity index (χ4v) is 3.56. The maximum Gasteiger partial charge on any atom is 0.417 e. The highest BCUT2D eigenvalue weighted by Gasteiger charge is 2.32. The van der Waals surface area contributed by atoms with Crippen LogP contribution in [0.2, 0.25) is 5.02 Å². The molecule has 27 heavy (non-hydrogen) atoms. The molecule has 1 aromatic carbocycles. The lowest BCUT2D eigenvalue weighted by molar-refractivity contribution is -0.137. The van der Waals surface area contributed by atoms with Gasteiger partial charge < -0.3 is 0 Å². The Morgan fingerprint density at radius 3 is 2.59 bits per heavy atom. The van der Waals surface area contributed by atoms with Crippen molar-refractivity contribution >= 4 is 29.0 Å². The van der Waals surface area contributed by atoms with Crippen molar-refractivity contribution in [1.82, 2.24) is 24.4 Å². The Kier molecular flexibility index (Phi) is 4.56. The fourth-order valence-electron chi connectivity index (χ4n) is 2.49. The first-order valence-corrected chi connectivity index (χ1v) is 9.11. The van der Waals surface area contributed by atoms with E-state index >= 15 is 0 Å². The van der Waals surface area contributed by atoms with Gasteiger partial charge in [-0.15, -0.1) is 10.2 Å². The van der Waals surface area contributed by atoms with E-state index in [1.54, 1.807) is 10.9 Å². The maximum atomic E-state index is 13.0. The van der Waals surface area contributed by atoms with E-state index in [9.17, 15) is 13.2 Å². The Balaban J connectivity index is 1.58. The van der Waals surface area contributed by atoms with E-state index in [4.69, 9.17) is 11.6 Å². The van der Waals surface area contributed by atoms with Crippen molar-refractivity contribution in [3.05, 3.63) is 71.1 Å². The first kappa shape index (κ1) is 17.9. The SMILES string of the molecule is FC(F)(F)c1cc(Cl)c2nnc(SCc3cnn(-c4ccccc4)c3)n2c1. The maximum absolute atomic E-state index is 13.0. The number of nitrogens with zero attached hydrogens (tertiary/aromatic N) is 5. The van der Waals surface area contributed by atoms with Crippen LogP contribution in [-0.2, 0) is 11.9 Å². The summed E-state index contributed by atoms with van der Waals surface area (Å²) in [4.78, 5) is 0. The average Bonchev–Trinajstić information content (AvgIpc) is 3.27. The second kappa shape index (κ2) is 6.90. The van der Waals surface area contributed by atoms with Gasteiger partial charge in [-0.05, 0) is 18.2 Å². The van der Waals surface area contributed by atoms with Gasteiger partial charge in [0.25, 0.3) is 0 Å². The van der Waals surface area contributed by atoms with Crippen molar-refractivity contribution in [2.45, 2.75) is 17.1 Å². The third-order valence-electron chi connectivity index (χ3n) is 3.78. The molecule has 4 rings (SSSR count). The molecular formula is C17H11ClF3N5S. The molecule has 0 radical (unpaired) electrons. The number of benzene rings is 1. The van der Waals surface area contributed by atoms with Gasteiger partial charge in [-0.1, -0.05) is 41.6 Å². The highest BCUT2D eigenvalue weighted by atomic mass is 35.5. The Morgan fingerprint density at radius 1 is 1.07 bits per heavy atom. The molecule has 0 unspecified atom stereocenters. The van der Waals surface area contributed by atoms with Crippen LogP contribution in [-0.4, -0.2) is 24.4 Å². The van der Waals surface area contributed by atoms with Gasteiger partial charge >= 0.3 is 6.18 Å². The van der Waals surface area contributed by atoms with Gasteiger partial charge in [0.15, 0.2) is 10.8 Å². The lowest BCUT2D eigenvalue weighted by Crippen LogP contribution is -2.07. The minimum atomic E-state index is -4.50. The lowest BCUT2D eigenvalue weighted by Gasteiger charge is -2.08. The Morgan fingerprint density at radius 2 is 1.85 bits per heavy atom. The van der Waals surface area contributed by atoms with Gasteiger partial charge in [0.2, 0.25) is 0 Å². The molecule has 3 heterocycles. The van der Waals surface area contributed by atoms with Gasteiger partial charge in [-0.25, -0.2) is 4.68 Å². The number of rotatable bonds is 4. The van der Waals surface area contributed by atoms with Gasteiger partial charge in [0, 0.05) is 23.7 Å². The summed E-state index contributed by atoms with van der Waals surface area (Å²) >= 11 is 7.18. The van der Waals surface area contributed by atoms with E-state index in [1.807, 2.05) is 36.5 Å². The summed E-state index contributed by atoms with van der Waals surface area (Å²) in [5.41, 5.74) is 1.16. The number of hydrogen-bond acceptors (Lipinski definition) is 4. The molecule has 0 aliphatic rings. The lowest BCUT2D eigenvalue weighted by atomic mass is 10.3. The molecule has 10 heteroatoms. The summed E-state index contributed by atoms with van der Waals surface area (Å²) in [6.07, 6.45) is 0.0226. The molecule has 0 saturated heterocycles. The van der Waals surface area contributed by atoms with Crippen LogP contribution in [0.5, 0.6) is 0 Å². The van der Waals surface area contributed by atoms with Gasteiger partial charge in [-0.3, -0.25) is 4.40 Å². The second-order valence-corrected chi connectivity index (χ2v) is 7.02. The van der Waals surface area contributed by atoms with Crippen molar-refractivity contribution in [2.75, 3.05) is 0 Å². The minimum Gasteiger partial charge on any atom is -0.276 e. The van der Waals surface area contributed by atoms with E-state index in [0.29, 0.717) is 10.9 Å². The van der Waals surface area contributed by atoms with Crippen LogP contribution < -0.4 is 0 Å². The zero-order chi connectivity index (χ0) is 19.0. The smallest absolute Gasteiger partial charge is 0.276 e.